The highest BCUT2D eigenvalue weighted by atomic mass is 16.6. The number of fused-ring (bicyclic) bond motifs is 1. The Morgan fingerprint density at radius 3 is 3.05 bits per heavy atom. The maximum absolute atomic E-state index is 11.3. The molecule has 0 amide bonds. The van der Waals surface area contributed by atoms with Crippen molar-refractivity contribution in [2.24, 2.45) is 0 Å². The molecule has 0 radical (unpaired) electrons. The zero-order chi connectivity index (χ0) is 15.1. The van der Waals surface area contributed by atoms with E-state index in [1.807, 2.05) is 0 Å². The van der Waals surface area contributed by atoms with Gasteiger partial charge in [0.25, 0.3) is 5.69 Å². The molecule has 2 aliphatic rings. The molecule has 0 spiro atoms. The molecular weight excluding hydrogens is 284 g/mol. The van der Waals surface area contributed by atoms with Gasteiger partial charge in [0.1, 0.15) is 17.6 Å². The van der Waals surface area contributed by atoms with Crippen LogP contribution in [0.2, 0.25) is 0 Å². The van der Waals surface area contributed by atoms with Gasteiger partial charge in [-0.05, 0) is 25.3 Å². The molecular formula is C15H16N4O3. The number of nitrogens with zero attached hydrogens (tertiary/aromatic N) is 3. The third kappa shape index (κ3) is 1.97. The minimum atomic E-state index is -0.371. The quantitative estimate of drug-likeness (QED) is 0.696. The number of ether oxygens (including phenoxy) is 1. The molecule has 1 aromatic carbocycles. The van der Waals surface area contributed by atoms with Gasteiger partial charge in [0.15, 0.2) is 0 Å². The van der Waals surface area contributed by atoms with Gasteiger partial charge < -0.3 is 10.1 Å². The van der Waals surface area contributed by atoms with Crippen molar-refractivity contribution in [3.8, 4) is 5.69 Å². The minimum Gasteiger partial charge on any atom is -0.372 e. The molecule has 0 bridgehead atoms. The van der Waals surface area contributed by atoms with E-state index < -0.39 is 0 Å². The van der Waals surface area contributed by atoms with E-state index in [9.17, 15) is 10.1 Å². The van der Waals surface area contributed by atoms with E-state index in [1.54, 1.807) is 22.9 Å². The van der Waals surface area contributed by atoms with Gasteiger partial charge in [0.2, 0.25) is 0 Å². The van der Waals surface area contributed by atoms with Crippen molar-refractivity contribution >= 4 is 11.5 Å². The Kier molecular flexibility index (Phi) is 3.07. The smallest absolute Gasteiger partial charge is 0.294 e. The molecule has 2 aliphatic heterocycles. The molecule has 4 rings (SSSR count). The average molecular weight is 300 g/mol. The van der Waals surface area contributed by atoms with Crippen LogP contribution >= 0.6 is 0 Å². The number of benzene rings is 1. The summed E-state index contributed by atoms with van der Waals surface area (Å²) >= 11 is 0. The Labute approximate surface area is 127 Å². The van der Waals surface area contributed by atoms with Crippen LogP contribution in [0.25, 0.3) is 5.69 Å². The molecule has 1 saturated heterocycles. The van der Waals surface area contributed by atoms with Crippen molar-refractivity contribution in [3.05, 3.63) is 45.6 Å². The first-order valence-electron chi connectivity index (χ1n) is 7.47. The van der Waals surface area contributed by atoms with Crippen LogP contribution in [0.1, 0.15) is 30.2 Å². The van der Waals surface area contributed by atoms with Gasteiger partial charge in [0, 0.05) is 24.8 Å². The number of hydrogen-bond acceptors (Lipinski definition) is 5. The standard InChI is InChI=1S/C15H16N4O3/c20-19(21)12-5-2-1-4-11(12)18-15-10(7-8-16-15)14(17-18)13-6-3-9-22-13/h1-2,4-5,13,16H,3,6-9H2. The largest absolute Gasteiger partial charge is 0.372 e. The molecule has 114 valence electrons. The number of hydrogen-bond donors (Lipinski definition) is 1. The summed E-state index contributed by atoms with van der Waals surface area (Å²) < 4.78 is 7.42. The zero-order valence-electron chi connectivity index (χ0n) is 12.0. The molecule has 22 heavy (non-hydrogen) atoms. The van der Waals surface area contributed by atoms with Gasteiger partial charge in [0.05, 0.1) is 10.6 Å². The van der Waals surface area contributed by atoms with E-state index in [4.69, 9.17) is 4.74 Å². The number of nitrogens with one attached hydrogen (secondary N) is 1. The number of nitro benzene ring substituents is 1. The fourth-order valence-electron chi connectivity index (χ4n) is 3.23. The van der Waals surface area contributed by atoms with E-state index in [0.29, 0.717) is 5.69 Å². The lowest BCUT2D eigenvalue weighted by Crippen LogP contribution is -2.08. The van der Waals surface area contributed by atoms with E-state index in [-0.39, 0.29) is 16.7 Å². The maximum atomic E-state index is 11.3. The Balaban J connectivity index is 1.86. The Morgan fingerprint density at radius 2 is 2.27 bits per heavy atom. The van der Waals surface area contributed by atoms with Crippen LogP contribution in [0.5, 0.6) is 0 Å². The molecule has 1 atom stereocenters. The minimum absolute atomic E-state index is 0.0117. The number of para-hydroxylation sites is 2. The van der Waals surface area contributed by atoms with Crippen molar-refractivity contribution in [1.82, 2.24) is 9.78 Å². The fraction of sp³-hybridized carbons (Fsp3) is 0.400. The van der Waals surface area contributed by atoms with Gasteiger partial charge in [-0.1, -0.05) is 12.1 Å². The summed E-state index contributed by atoms with van der Waals surface area (Å²) in [5.41, 5.74) is 2.60. The molecule has 1 fully saturated rings. The van der Waals surface area contributed by atoms with Crippen molar-refractivity contribution in [2.45, 2.75) is 25.4 Å². The summed E-state index contributed by atoms with van der Waals surface area (Å²) in [7, 11) is 0. The second-order valence-electron chi connectivity index (χ2n) is 5.55. The van der Waals surface area contributed by atoms with Crippen LogP contribution in [0.4, 0.5) is 11.5 Å². The van der Waals surface area contributed by atoms with Crippen LogP contribution in [0.15, 0.2) is 24.3 Å². The predicted octanol–water partition coefficient (Wildman–Crippen LogP) is 2.60. The van der Waals surface area contributed by atoms with E-state index in [0.717, 1.165) is 49.5 Å². The first kappa shape index (κ1) is 13.3. The van der Waals surface area contributed by atoms with Crippen molar-refractivity contribution in [1.29, 1.82) is 0 Å². The molecule has 1 N–H and O–H groups in total. The Morgan fingerprint density at radius 1 is 1.41 bits per heavy atom. The SMILES string of the molecule is O=[N+]([O-])c1ccccc1-n1nc(C2CCCO2)c2c1NCC2. The van der Waals surface area contributed by atoms with Gasteiger partial charge in [-0.25, -0.2) is 4.68 Å². The molecule has 1 unspecified atom stereocenters. The van der Waals surface area contributed by atoms with Gasteiger partial charge in [-0.15, -0.1) is 0 Å². The number of anilines is 1. The first-order chi connectivity index (χ1) is 10.8. The summed E-state index contributed by atoms with van der Waals surface area (Å²) in [6.45, 7) is 1.58. The van der Waals surface area contributed by atoms with Crippen LogP contribution in [0.3, 0.4) is 0 Å². The van der Waals surface area contributed by atoms with Gasteiger partial charge in [-0.2, -0.15) is 5.10 Å². The van der Waals surface area contributed by atoms with Crippen molar-refractivity contribution in [2.75, 3.05) is 18.5 Å². The number of nitro groups is 1. The molecule has 2 aromatic rings. The molecule has 0 saturated carbocycles. The third-order valence-corrected chi connectivity index (χ3v) is 4.22. The Bertz CT molecular complexity index is 734. The van der Waals surface area contributed by atoms with Crippen LogP contribution in [0, 0.1) is 10.1 Å². The lowest BCUT2D eigenvalue weighted by Gasteiger charge is -2.08. The highest BCUT2D eigenvalue weighted by molar-refractivity contribution is 5.62. The highest BCUT2D eigenvalue weighted by Gasteiger charge is 2.31. The van der Waals surface area contributed by atoms with Crippen LogP contribution < -0.4 is 5.32 Å². The zero-order valence-corrected chi connectivity index (χ0v) is 12.0. The molecule has 3 heterocycles. The van der Waals surface area contributed by atoms with Gasteiger partial charge in [-0.3, -0.25) is 10.1 Å². The lowest BCUT2D eigenvalue weighted by molar-refractivity contribution is -0.384. The molecule has 0 aliphatic carbocycles. The highest BCUT2D eigenvalue weighted by Crippen LogP contribution is 2.38. The molecule has 7 nitrogen and oxygen atoms in total. The summed E-state index contributed by atoms with van der Waals surface area (Å²) in [6, 6.07) is 6.69. The van der Waals surface area contributed by atoms with E-state index in [2.05, 4.69) is 10.4 Å². The topological polar surface area (TPSA) is 82.2 Å². The number of aromatic nitrogens is 2. The van der Waals surface area contributed by atoms with E-state index in [1.165, 1.54) is 6.07 Å². The second-order valence-corrected chi connectivity index (χ2v) is 5.55. The van der Waals surface area contributed by atoms with Crippen LogP contribution in [-0.2, 0) is 11.2 Å². The van der Waals surface area contributed by atoms with Gasteiger partial charge >= 0.3 is 0 Å². The fourth-order valence-corrected chi connectivity index (χ4v) is 3.23. The normalized spacial score (nSPS) is 19.9. The Hall–Kier alpha value is -2.41. The number of rotatable bonds is 3. The first-order valence-corrected chi connectivity index (χ1v) is 7.47. The summed E-state index contributed by atoms with van der Waals surface area (Å²) in [5, 5.41) is 19.2. The maximum Gasteiger partial charge on any atom is 0.294 e. The monoisotopic (exact) mass is 300 g/mol. The summed E-state index contributed by atoms with van der Waals surface area (Å²) in [4.78, 5) is 10.9. The second kappa shape index (κ2) is 5.10. The predicted molar refractivity (Wildman–Crippen MR) is 80.3 cm³/mol. The van der Waals surface area contributed by atoms with E-state index >= 15 is 0 Å². The average Bonchev–Trinajstić information content (AvgIpc) is 3.24. The third-order valence-electron chi connectivity index (χ3n) is 4.22. The molecule has 7 heteroatoms. The van der Waals surface area contributed by atoms with Crippen molar-refractivity contribution in [3.63, 3.8) is 0 Å². The summed E-state index contributed by atoms with van der Waals surface area (Å²) in [6.07, 6.45) is 2.88. The summed E-state index contributed by atoms with van der Waals surface area (Å²) in [5.74, 6) is 0.861. The van der Waals surface area contributed by atoms with Crippen molar-refractivity contribution < 1.29 is 9.66 Å². The lowest BCUT2D eigenvalue weighted by atomic mass is 10.1. The molecule has 1 aromatic heterocycles. The van der Waals surface area contributed by atoms with Crippen LogP contribution in [-0.4, -0.2) is 27.9 Å².